The van der Waals surface area contributed by atoms with E-state index < -0.39 is 10.0 Å². The van der Waals surface area contributed by atoms with Gasteiger partial charge in [-0.05, 0) is 68.9 Å². The number of rotatable bonds is 3. The molecule has 0 saturated carbocycles. The van der Waals surface area contributed by atoms with Gasteiger partial charge in [-0.2, -0.15) is 4.31 Å². The van der Waals surface area contributed by atoms with E-state index in [0.29, 0.717) is 30.8 Å². The van der Waals surface area contributed by atoms with Crippen molar-refractivity contribution in [3.63, 3.8) is 0 Å². The Kier molecular flexibility index (Phi) is 5.67. The summed E-state index contributed by atoms with van der Waals surface area (Å²) in [6.07, 6.45) is 4.49. The number of likely N-dealkylation sites (tertiary alicyclic amines) is 1. The molecule has 0 bridgehead atoms. The zero-order chi connectivity index (χ0) is 20.6. The van der Waals surface area contributed by atoms with E-state index in [-0.39, 0.29) is 23.9 Å². The summed E-state index contributed by atoms with van der Waals surface area (Å²) in [7, 11) is -3.54. The fraction of sp³-hybridized carbons (Fsp3) is 0.522. The summed E-state index contributed by atoms with van der Waals surface area (Å²) in [5.74, 6) is 0.147. The largest absolute Gasteiger partial charge is 0.337 e. The average molecular weight is 415 g/mol. The molecule has 0 spiro atoms. The van der Waals surface area contributed by atoms with Crippen LogP contribution in [-0.2, 0) is 14.8 Å². The number of piperidine rings is 2. The first kappa shape index (κ1) is 20.4. The van der Waals surface area contributed by atoms with Crippen molar-refractivity contribution in [3.05, 3.63) is 42.5 Å². The minimum absolute atomic E-state index is 0.0685. The normalized spacial score (nSPS) is 24.7. The third kappa shape index (κ3) is 3.92. The van der Waals surface area contributed by atoms with Crippen LogP contribution in [-0.4, -0.2) is 48.7 Å². The molecule has 2 atom stereocenters. The van der Waals surface area contributed by atoms with Crippen LogP contribution in [0.15, 0.2) is 47.4 Å². The van der Waals surface area contributed by atoms with E-state index in [9.17, 15) is 13.2 Å². The van der Waals surface area contributed by atoms with Gasteiger partial charge in [0.25, 0.3) is 0 Å². The van der Waals surface area contributed by atoms with Crippen LogP contribution in [0.2, 0.25) is 0 Å². The second-order valence-electron chi connectivity index (χ2n) is 8.56. The summed E-state index contributed by atoms with van der Waals surface area (Å²) in [5.41, 5.74) is 0. The van der Waals surface area contributed by atoms with Gasteiger partial charge in [-0.15, -0.1) is 0 Å². The predicted molar refractivity (Wildman–Crippen MR) is 115 cm³/mol. The van der Waals surface area contributed by atoms with Gasteiger partial charge in [0.15, 0.2) is 0 Å². The molecular formula is C23H30N2O3S. The third-order valence-corrected chi connectivity index (χ3v) is 8.50. The first-order chi connectivity index (χ1) is 13.9. The Morgan fingerprint density at radius 1 is 0.897 bits per heavy atom. The molecule has 1 amide bonds. The summed E-state index contributed by atoms with van der Waals surface area (Å²) in [6.45, 7) is 5.07. The number of benzene rings is 2. The number of hydrogen-bond donors (Lipinski definition) is 0. The standard InChI is InChI=1S/C23H30N2O3S/c1-17-6-5-7-18(2)25(17)23(26)20-12-14-24(15-13-20)29(27,28)22-11-10-19-8-3-4-9-21(19)16-22/h3-4,8-11,16-18,20H,5-7,12-15H2,1-2H3/t17-,18-/m1/s1. The molecule has 29 heavy (non-hydrogen) atoms. The highest BCUT2D eigenvalue weighted by Gasteiger charge is 2.37. The SMILES string of the molecule is C[C@@H]1CCC[C@@H](C)N1C(=O)C1CCN(S(=O)(=O)c2ccc3ccccc3c2)CC1. The van der Waals surface area contributed by atoms with E-state index in [1.807, 2.05) is 30.3 Å². The van der Waals surface area contributed by atoms with E-state index in [0.717, 1.165) is 23.6 Å². The summed E-state index contributed by atoms with van der Waals surface area (Å²) < 4.78 is 27.8. The summed E-state index contributed by atoms with van der Waals surface area (Å²) in [5, 5.41) is 1.95. The molecule has 4 rings (SSSR count). The smallest absolute Gasteiger partial charge is 0.243 e. The quantitative estimate of drug-likeness (QED) is 0.762. The van der Waals surface area contributed by atoms with Crippen LogP contribution in [0.3, 0.4) is 0 Å². The van der Waals surface area contributed by atoms with Gasteiger partial charge in [0.2, 0.25) is 15.9 Å². The van der Waals surface area contributed by atoms with E-state index >= 15 is 0 Å². The Hall–Kier alpha value is -1.92. The van der Waals surface area contributed by atoms with Gasteiger partial charge in [0, 0.05) is 31.1 Å². The Morgan fingerprint density at radius 3 is 2.17 bits per heavy atom. The fourth-order valence-corrected chi connectivity index (χ4v) is 6.39. The molecule has 2 aromatic carbocycles. The van der Waals surface area contributed by atoms with Gasteiger partial charge in [-0.1, -0.05) is 30.3 Å². The van der Waals surface area contributed by atoms with Crippen LogP contribution in [0.5, 0.6) is 0 Å². The van der Waals surface area contributed by atoms with Gasteiger partial charge < -0.3 is 4.90 Å². The number of sulfonamides is 1. The molecule has 0 aromatic heterocycles. The maximum absolute atomic E-state index is 13.1. The molecular weight excluding hydrogens is 384 g/mol. The first-order valence-electron chi connectivity index (χ1n) is 10.7. The lowest BCUT2D eigenvalue weighted by Gasteiger charge is -2.42. The van der Waals surface area contributed by atoms with Crippen LogP contribution in [0.25, 0.3) is 10.8 Å². The molecule has 2 aliphatic rings. The van der Waals surface area contributed by atoms with Crippen molar-refractivity contribution in [1.29, 1.82) is 0 Å². The minimum Gasteiger partial charge on any atom is -0.337 e. The lowest BCUT2D eigenvalue weighted by Crippen LogP contribution is -2.52. The van der Waals surface area contributed by atoms with Crippen LogP contribution in [0.1, 0.15) is 46.0 Å². The Labute approximate surface area is 173 Å². The zero-order valence-electron chi connectivity index (χ0n) is 17.3. The maximum atomic E-state index is 13.1. The monoisotopic (exact) mass is 414 g/mol. The third-order valence-electron chi connectivity index (χ3n) is 6.61. The van der Waals surface area contributed by atoms with Gasteiger partial charge in [-0.25, -0.2) is 8.42 Å². The Balaban J connectivity index is 1.46. The topological polar surface area (TPSA) is 57.7 Å². The molecule has 2 heterocycles. The number of amides is 1. The average Bonchev–Trinajstić information content (AvgIpc) is 2.73. The van der Waals surface area contributed by atoms with Crippen molar-refractivity contribution in [2.75, 3.05) is 13.1 Å². The molecule has 0 N–H and O–H groups in total. The van der Waals surface area contributed by atoms with Gasteiger partial charge in [0.05, 0.1) is 4.90 Å². The number of carbonyl (C=O) groups is 1. The van der Waals surface area contributed by atoms with Crippen LogP contribution < -0.4 is 0 Å². The van der Waals surface area contributed by atoms with Gasteiger partial charge >= 0.3 is 0 Å². The van der Waals surface area contributed by atoms with Crippen LogP contribution in [0, 0.1) is 5.92 Å². The van der Waals surface area contributed by atoms with Crippen LogP contribution in [0.4, 0.5) is 0 Å². The lowest BCUT2D eigenvalue weighted by molar-refractivity contribution is -0.143. The maximum Gasteiger partial charge on any atom is 0.243 e. The summed E-state index contributed by atoms with van der Waals surface area (Å²) in [6, 6.07) is 13.6. The summed E-state index contributed by atoms with van der Waals surface area (Å²) >= 11 is 0. The van der Waals surface area contributed by atoms with Crippen molar-refractivity contribution in [2.45, 2.75) is 62.9 Å². The van der Waals surface area contributed by atoms with Gasteiger partial charge in [0.1, 0.15) is 0 Å². The highest BCUT2D eigenvalue weighted by atomic mass is 32.2. The van der Waals surface area contributed by atoms with Crippen molar-refractivity contribution in [1.82, 2.24) is 9.21 Å². The molecule has 6 heteroatoms. The second-order valence-corrected chi connectivity index (χ2v) is 10.5. The van der Waals surface area contributed by atoms with E-state index in [2.05, 4.69) is 18.7 Å². The van der Waals surface area contributed by atoms with Crippen molar-refractivity contribution in [2.24, 2.45) is 5.92 Å². The molecule has 0 radical (unpaired) electrons. The van der Waals surface area contributed by atoms with Gasteiger partial charge in [-0.3, -0.25) is 4.79 Å². The Morgan fingerprint density at radius 2 is 1.52 bits per heavy atom. The first-order valence-corrected chi connectivity index (χ1v) is 12.1. The molecule has 2 aromatic rings. The van der Waals surface area contributed by atoms with E-state index in [1.165, 1.54) is 6.42 Å². The Bertz CT molecular complexity index is 986. The number of nitrogens with zero attached hydrogens (tertiary/aromatic N) is 2. The van der Waals surface area contributed by atoms with Crippen molar-refractivity contribution in [3.8, 4) is 0 Å². The zero-order valence-corrected chi connectivity index (χ0v) is 18.1. The highest BCUT2D eigenvalue weighted by molar-refractivity contribution is 7.89. The summed E-state index contributed by atoms with van der Waals surface area (Å²) in [4.78, 5) is 15.5. The molecule has 0 aliphatic carbocycles. The molecule has 5 nitrogen and oxygen atoms in total. The van der Waals surface area contributed by atoms with Crippen molar-refractivity contribution < 1.29 is 13.2 Å². The number of fused-ring (bicyclic) bond motifs is 1. The highest BCUT2D eigenvalue weighted by Crippen LogP contribution is 2.30. The molecule has 0 unspecified atom stereocenters. The van der Waals surface area contributed by atoms with E-state index in [1.54, 1.807) is 16.4 Å². The minimum atomic E-state index is -3.54. The lowest BCUT2D eigenvalue weighted by atomic mass is 9.91. The molecule has 2 aliphatic heterocycles. The van der Waals surface area contributed by atoms with Crippen molar-refractivity contribution >= 4 is 26.7 Å². The predicted octanol–water partition coefficient (Wildman–Crippen LogP) is 4.03. The second kappa shape index (κ2) is 8.07. The molecule has 2 fully saturated rings. The molecule has 2 saturated heterocycles. The number of hydrogen-bond acceptors (Lipinski definition) is 3. The van der Waals surface area contributed by atoms with Crippen LogP contribution >= 0.6 is 0 Å². The number of carbonyl (C=O) groups excluding carboxylic acids is 1. The fourth-order valence-electron chi connectivity index (χ4n) is 4.89. The van der Waals surface area contributed by atoms with E-state index in [4.69, 9.17) is 0 Å². The molecule has 156 valence electrons.